The first-order valence-corrected chi connectivity index (χ1v) is 5.43. The Kier molecular flexibility index (Phi) is 3.14. The summed E-state index contributed by atoms with van der Waals surface area (Å²) in [6, 6.07) is 0. The van der Waals surface area contributed by atoms with E-state index in [4.69, 9.17) is 4.42 Å². The minimum atomic E-state index is 0.574. The summed E-state index contributed by atoms with van der Waals surface area (Å²) in [5, 5.41) is 11.3. The van der Waals surface area contributed by atoms with Gasteiger partial charge in [0, 0.05) is 12.3 Å². The van der Waals surface area contributed by atoms with Crippen LogP contribution in [0.5, 0.6) is 0 Å². The lowest BCUT2D eigenvalue weighted by molar-refractivity contribution is 0.443. The Morgan fingerprint density at radius 2 is 2.29 bits per heavy atom. The molecule has 1 aliphatic carbocycles. The number of hydrogen-bond acceptors (Lipinski definition) is 4. The van der Waals surface area contributed by atoms with Crippen LogP contribution in [0.3, 0.4) is 0 Å². The summed E-state index contributed by atoms with van der Waals surface area (Å²) in [6.45, 7) is 4.16. The molecule has 4 heteroatoms. The van der Waals surface area contributed by atoms with Crippen molar-refractivity contribution < 1.29 is 4.42 Å². The molecule has 0 radical (unpaired) electrons. The topological polar surface area (TPSA) is 51.0 Å². The highest BCUT2D eigenvalue weighted by Gasteiger charge is 2.29. The average Bonchev–Trinajstić information content (AvgIpc) is 2.94. The molecule has 1 N–H and O–H groups in total. The van der Waals surface area contributed by atoms with Crippen molar-refractivity contribution >= 4 is 0 Å². The van der Waals surface area contributed by atoms with Gasteiger partial charge in [0.1, 0.15) is 0 Å². The maximum atomic E-state index is 5.54. The van der Waals surface area contributed by atoms with E-state index in [9.17, 15) is 0 Å². The maximum absolute atomic E-state index is 5.54. The third-order valence-corrected chi connectivity index (χ3v) is 2.40. The van der Waals surface area contributed by atoms with Crippen LogP contribution >= 0.6 is 0 Å². The second kappa shape index (κ2) is 4.55. The summed E-state index contributed by atoms with van der Waals surface area (Å²) in [6.07, 6.45) is 4.41. The Labute approximate surface area is 84.1 Å². The molecule has 1 heterocycles. The predicted molar refractivity (Wildman–Crippen MR) is 53.1 cm³/mol. The Bertz CT molecular complexity index is 281. The molecule has 0 unspecified atom stereocenters. The molecule has 2 rings (SSSR count). The third-order valence-electron chi connectivity index (χ3n) is 2.40. The van der Waals surface area contributed by atoms with Crippen LogP contribution in [0.2, 0.25) is 0 Å². The van der Waals surface area contributed by atoms with E-state index in [1.54, 1.807) is 0 Å². The molecule has 1 aromatic rings. The summed E-state index contributed by atoms with van der Waals surface area (Å²) in [5.41, 5.74) is 0. The molecular formula is C10H17N3O. The van der Waals surface area contributed by atoms with Crippen LogP contribution in [-0.4, -0.2) is 23.3 Å². The fraction of sp³-hybridized carbons (Fsp3) is 0.800. The van der Waals surface area contributed by atoms with Crippen LogP contribution in [0.4, 0.5) is 0 Å². The van der Waals surface area contributed by atoms with Crippen LogP contribution in [0.1, 0.15) is 43.9 Å². The highest BCUT2D eigenvalue weighted by Crippen LogP contribution is 2.38. The van der Waals surface area contributed by atoms with Crippen molar-refractivity contribution in [1.82, 2.24) is 15.5 Å². The quantitative estimate of drug-likeness (QED) is 0.699. The molecule has 0 bridgehead atoms. The summed E-state index contributed by atoms with van der Waals surface area (Å²) in [7, 11) is 0. The van der Waals surface area contributed by atoms with Crippen LogP contribution in [0, 0.1) is 0 Å². The van der Waals surface area contributed by atoms with Gasteiger partial charge in [-0.15, -0.1) is 10.2 Å². The van der Waals surface area contributed by atoms with Crippen molar-refractivity contribution in [2.24, 2.45) is 0 Å². The van der Waals surface area contributed by atoms with Crippen molar-refractivity contribution in [3.05, 3.63) is 11.8 Å². The molecule has 1 fully saturated rings. The average molecular weight is 195 g/mol. The molecule has 1 aromatic heterocycles. The lowest BCUT2D eigenvalue weighted by Crippen LogP contribution is -2.14. The Balaban J connectivity index is 1.72. The van der Waals surface area contributed by atoms with Gasteiger partial charge in [-0.2, -0.15) is 0 Å². The molecular weight excluding hydrogens is 178 g/mol. The van der Waals surface area contributed by atoms with E-state index in [1.807, 2.05) is 0 Å². The molecule has 1 aliphatic rings. The Morgan fingerprint density at radius 1 is 1.43 bits per heavy atom. The van der Waals surface area contributed by atoms with E-state index < -0.39 is 0 Å². The molecule has 0 aromatic carbocycles. The number of hydrogen-bond donors (Lipinski definition) is 1. The zero-order chi connectivity index (χ0) is 9.80. The highest BCUT2D eigenvalue weighted by molar-refractivity contribution is 5.00. The number of aromatic nitrogens is 2. The van der Waals surface area contributed by atoms with E-state index >= 15 is 0 Å². The van der Waals surface area contributed by atoms with Crippen LogP contribution in [-0.2, 0) is 6.42 Å². The van der Waals surface area contributed by atoms with Crippen molar-refractivity contribution in [3.8, 4) is 0 Å². The first-order valence-electron chi connectivity index (χ1n) is 5.43. The zero-order valence-electron chi connectivity index (χ0n) is 8.62. The molecule has 0 amide bonds. The van der Waals surface area contributed by atoms with Gasteiger partial charge in [-0.3, -0.25) is 0 Å². The van der Waals surface area contributed by atoms with Gasteiger partial charge in [-0.25, -0.2) is 0 Å². The summed E-state index contributed by atoms with van der Waals surface area (Å²) >= 11 is 0. The van der Waals surface area contributed by atoms with Gasteiger partial charge < -0.3 is 9.73 Å². The molecule has 14 heavy (non-hydrogen) atoms. The van der Waals surface area contributed by atoms with E-state index in [-0.39, 0.29) is 0 Å². The fourth-order valence-corrected chi connectivity index (χ4v) is 1.40. The minimum absolute atomic E-state index is 0.574. The second-order valence-electron chi connectivity index (χ2n) is 3.77. The number of nitrogens with one attached hydrogen (secondary N) is 1. The molecule has 1 saturated carbocycles. The molecule has 78 valence electrons. The maximum Gasteiger partial charge on any atom is 0.219 e. The standard InChI is InChI=1S/C10H17N3O/c1-2-11-7-3-4-9-12-13-10(14-9)8-5-6-8/h8,11H,2-7H2,1H3. The lowest BCUT2D eigenvalue weighted by Gasteiger charge is -1.97. The van der Waals surface area contributed by atoms with E-state index in [2.05, 4.69) is 22.4 Å². The molecule has 4 nitrogen and oxygen atoms in total. The summed E-state index contributed by atoms with van der Waals surface area (Å²) in [5.74, 6) is 2.22. The highest BCUT2D eigenvalue weighted by atomic mass is 16.4. The summed E-state index contributed by atoms with van der Waals surface area (Å²) in [4.78, 5) is 0. The number of aryl methyl sites for hydroxylation is 1. The summed E-state index contributed by atoms with van der Waals surface area (Å²) < 4.78 is 5.54. The minimum Gasteiger partial charge on any atom is -0.425 e. The molecule has 0 atom stereocenters. The van der Waals surface area contributed by atoms with Gasteiger partial charge in [-0.1, -0.05) is 6.92 Å². The molecule has 0 spiro atoms. The lowest BCUT2D eigenvalue weighted by atomic mass is 10.3. The first kappa shape index (κ1) is 9.65. The fourth-order valence-electron chi connectivity index (χ4n) is 1.40. The molecule has 0 saturated heterocycles. The zero-order valence-corrected chi connectivity index (χ0v) is 8.62. The predicted octanol–water partition coefficient (Wildman–Crippen LogP) is 1.49. The van der Waals surface area contributed by atoms with Gasteiger partial charge in [0.25, 0.3) is 0 Å². The molecule has 0 aliphatic heterocycles. The van der Waals surface area contributed by atoms with Gasteiger partial charge in [0.05, 0.1) is 0 Å². The van der Waals surface area contributed by atoms with E-state index in [0.29, 0.717) is 5.92 Å². The van der Waals surface area contributed by atoms with Gasteiger partial charge in [0.15, 0.2) is 0 Å². The van der Waals surface area contributed by atoms with Crippen molar-refractivity contribution in [1.29, 1.82) is 0 Å². The largest absolute Gasteiger partial charge is 0.425 e. The normalized spacial score (nSPS) is 16.1. The van der Waals surface area contributed by atoms with Crippen LogP contribution < -0.4 is 5.32 Å². The van der Waals surface area contributed by atoms with Crippen molar-refractivity contribution in [2.75, 3.05) is 13.1 Å². The second-order valence-corrected chi connectivity index (χ2v) is 3.77. The number of nitrogens with zero attached hydrogens (tertiary/aromatic N) is 2. The van der Waals surface area contributed by atoms with Gasteiger partial charge in [-0.05, 0) is 32.4 Å². The SMILES string of the molecule is CCNCCCc1nnc(C2CC2)o1. The monoisotopic (exact) mass is 195 g/mol. The number of rotatable bonds is 6. The Morgan fingerprint density at radius 3 is 3.00 bits per heavy atom. The van der Waals surface area contributed by atoms with E-state index in [1.165, 1.54) is 12.8 Å². The van der Waals surface area contributed by atoms with Gasteiger partial charge in [0.2, 0.25) is 11.8 Å². The van der Waals surface area contributed by atoms with Crippen molar-refractivity contribution in [3.63, 3.8) is 0 Å². The van der Waals surface area contributed by atoms with Crippen LogP contribution in [0.15, 0.2) is 4.42 Å². The van der Waals surface area contributed by atoms with E-state index in [0.717, 1.165) is 37.7 Å². The smallest absolute Gasteiger partial charge is 0.219 e. The van der Waals surface area contributed by atoms with Crippen LogP contribution in [0.25, 0.3) is 0 Å². The Hall–Kier alpha value is -0.900. The third kappa shape index (κ3) is 2.54. The van der Waals surface area contributed by atoms with Gasteiger partial charge >= 0.3 is 0 Å². The first-order chi connectivity index (χ1) is 6.90. The van der Waals surface area contributed by atoms with Crippen molar-refractivity contribution in [2.45, 2.75) is 38.5 Å².